The van der Waals surface area contributed by atoms with E-state index in [1.54, 1.807) is 18.2 Å². The van der Waals surface area contributed by atoms with Crippen LogP contribution in [-0.2, 0) is 0 Å². The van der Waals surface area contributed by atoms with Gasteiger partial charge in [0.15, 0.2) is 0 Å². The Morgan fingerprint density at radius 3 is 2.00 bits per heavy atom. The Kier molecular flexibility index (Phi) is 4.38. The largest absolute Gasteiger partial charge is 1.00 e. The summed E-state index contributed by atoms with van der Waals surface area (Å²) in [7, 11) is 0. The Morgan fingerprint density at radius 1 is 1.20 bits per heavy atom. The molecule has 0 bridgehead atoms. The molecule has 0 aliphatic heterocycles. The average Bonchev–Trinajstić information content (AvgIpc) is 1.90. The molecule has 0 N–H and O–H groups in total. The molecule has 0 heterocycles. The zero-order valence-corrected chi connectivity index (χ0v) is 5.75. The van der Waals surface area contributed by atoms with Crippen molar-refractivity contribution in [2.75, 3.05) is 0 Å². The molecule has 48 valence electrons. The van der Waals surface area contributed by atoms with E-state index in [9.17, 15) is 9.50 Å². The van der Waals surface area contributed by atoms with Gasteiger partial charge in [-0.1, -0.05) is 30.3 Å². The van der Waals surface area contributed by atoms with Gasteiger partial charge in [-0.15, -0.1) is 0 Å². The minimum atomic E-state index is -2.09. The van der Waals surface area contributed by atoms with Crippen molar-refractivity contribution in [3.05, 3.63) is 35.9 Å². The minimum Gasteiger partial charge on any atom is -0.823 e. The number of halogens is 1. The van der Waals surface area contributed by atoms with Crippen molar-refractivity contribution in [3.8, 4) is 0 Å². The maximum atomic E-state index is 11.9. The predicted molar refractivity (Wildman–Crippen MR) is 30.3 cm³/mol. The Morgan fingerprint density at radius 2 is 1.70 bits per heavy atom. The van der Waals surface area contributed by atoms with Crippen molar-refractivity contribution in [1.29, 1.82) is 0 Å². The van der Waals surface area contributed by atoms with E-state index in [1.807, 2.05) is 0 Å². The van der Waals surface area contributed by atoms with Crippen LogP contribution in [0.3, 0.4) is 0 Å². The summed E-state index contributed by atoms with van der Waals surface area (Å²) in [6.45, 7) is 0. The minimum absolute atomic E-state index is 0. The maximum absolute atomic E-state index is 11.9. The molecule has 1 aromatic rings. The maximum Gasteiger partial charge on any atom is 1.00 e. The zero-order valence-electron chi connectivity index (χ0n) is 5.75. The van der Waals surface area contributed by atoms with E-state index in [0.29, 0.717) is 0 Å². The molecule has 0 aliphatic carbocycles. The van der Waals surface area contributed by atoms with Gasteiger partial charge in [0.2, 0.25) is 0 Å². The van der Waals surface area contributed by atoms with Crippen molar-refractivity contribution < 1.29 is 28.4 Å². The summed E-state index contributed by atoms with van der Waals surface area (Å²) in [5, 5.41) is 10.1. The normalized spacial score (nSPS) is 11.8. The van der Waals surface area contributed by atoms with Crippen molar-refractivity contribution in [2.24, 2.45) is 0 Å². The number of benzene rings is 1. The van der Waals surface area contributed by atoms with Gasteiger partial charge in [-0.3, -0.25) is 4.39 Å². The third-order valence-electron chi connectivity index (χ3n) is 1.06. The molecule has 1 nitrogen and oxygen atoms in total. The molecule has 0 amide bonds. The molecule has 0 saturated carbocycles. The second-order valence-electron chi connectivity index (χ2n) is 1.73. The number of hydrogen-bond acceptors (Lipinski definition) is 1. The average molecular weight is 132 g/mol. The molecule has 1 rings (SSSR count). The Bertz CT molecular complexity index is 176. The summed E-state index contributed by atoms with van der Waals surface area (Å²) < 4.78 is 11.9. The van der Waals surface area contributed by atoms with Crippen LogP contribution in [0.5, 0.6) is 0 Å². The van der Waals surface area contributed by atoms with Gasteiger partial charge >= 0.3 is 18.9 Å². The summed E-state index contributed by atoms with van der Waals surface area (Å²) in [5.74, 6) is 0. The molecular formula is C7H6FLiO. The molecule has 1 atom stereocenters. The van der Waals surface area contributed by atoms with Gasteiger partial charge in [-0.05, 0) is 5.56 Å². The van der Waals surface area contributed by atoms with Crippen molar-refractivity contribution in [3.63, 3.8) is 0 Å². The molecular weight excluding hydrogens is 126 g/mol. The fraction of sp³-hybridized carbons (Fsp3) is 0.143. The fourth-order valence-electron chi connectivity index (χ4n) is 0.604. The van der Waals surface area contributed by atoms with Crippen LogP contribution in [0.2, 0.25) is 0 Å². The summed E-state index contributed by atoms with van der Waals surface area (Å²) in [5.41, 5.74) is 0.192. The van der Waals surface area contributed by atoms with E-state index >= 15 is 0 Å². The van der Waals surface area contributed by atoms with Gasteiger partial charge in [0, 0.05) is 0 Å². The second kappa shape index (κ2) is 4.51. The summed E-state index contributed by atoms with van der Waals surface area (Å²) in [6.07, 6.45) is -2.09. The molecule has 1 aromatic carbocycles. The van der Waals surface area contributed by atoms with E-state index in [-0.39, 0.29) is 24.4 Å². The smallest absolute Gasteiger partial charge is 0.823 e. The van der Waals surface area contributed by atoms with Crippen LogP contribution < -0.4 is 24.0 Å². The van der Waals surface area contributed by atoms with Crippen LogP contribution >= 0.6 is 0 Å². The Balaban J connectivity index is 0.000000810. The van der Waals surface area contributed by atoms with Gasteiger partial charge in [0.05, 0.1) is 6.36 Å². The van der Waals surface area contributed by atoms with Crippen LogP contribution in [-0.4, -0.2) is 0 Å². The Labute approximate surface area is 71.1 Å². The van der Waals surface area contributed by atoms with E-state index in [2.05, 4.69) is 0 Å². The third kappa shape index (κ3) is 2.53. The zero-order chi connectivity index (χ0) is 6.69. The Hall–Kier alpha value is -0.293. The van der Waals surface area contributed by atoms with Crippen LogP contribution in [0.25, 0.3) is 0 Å². The molecule has 0 fully saturated rings. The third-order valence-corrected chi connectivity index (χ3v) is 1.06. The molecule has 0 radical (unpaired) electrons. The second-order valence-corrected chi connectivity index (χ2v) is 1.73. The molecule has 1 unspecified atom stereocenters. The molecule has 0 aliphatic rings. The summed E-state index contributed by atoms with van der Waals surface area (Å²) in [6, 6.07) is 7.96. The topological polar surface area (TPSA) is 23.1 Å². The molecule has 3 heteroatoms. The first kappa shape index (κ1) is 9.71. The predicted octanol–water partition coefficient (Wildman–Crippen LogP) is -1.98. The standard InChI is InChI=1S/C7H6FO.Li/c8-7(9)6-4-2-1-3-5-6;/h1-5,7H;/q-1;+1. The van der Waals surface area contributed by atoms with Gasteiger partial charge in [-0.2, -0.15) is 0 Å². The molecule has 0 spiro atoms. The van der Waals surface area contributed by atoms with Crippen molar-refractivity contribution in [2.45, 2.75) is 6.36 Å². The van der Waals surface area contributed by atoms with Crippen LogP contribution in [0.1, 0.15) is 11.9 Å². The van der Waals surface area contributed by atoms with Gasteiger partial charge in [0.1, 0.15) is 0 Å². The van der Waals surface area contributed by atoms with Gasteiger partial charge in [-0.25, -0.2) is 0 Å². The number of rotatable bonds is 1. The first-order valence-electron chi connectivity index (χ1n) is 2.65. The molecule has 10 heavy (non-hydrogen) atoms. The van der Waals surface area contributed by atoms with E-state index in [0.717, 1.165) is 0 Å². The van der Waals surface area contributed by atoms with Crippen LogP contribution in [0.15, 0.2) is 30.3 Å². The number of hydrogen-bond donors (Lipinski definition) is 0. The van der Waals surface area contributed by atoms with E-state index in [4.69, 9.17) is 0 Å². The SMILES string of the molecule is [Li+].[O-]C(F)c1ccccc1. The van der Waals surface area contributed by atoms with Crippen molar-refractivity contribution >= 4 is 0 Å². The summed E-state index contributed by atoms with van der Waals surface area (Å²) in [4.78, 5) is 0. The van der Waals surface area contributed by atoms with Gasteiger partial charge < -0.3 is 5.11 Å². The van der Waals surface area contributed by atoms with Crippen LogP contribution in [0, 0.1) is 0 Å². The summed E-state index contributed by atoms with van der Waals surface area (Å²) >= 11 is 0. The van der Waals surface area contributed by atoms with E-state index < -0.39 is 6.36 Å². The number of alkyl halides is 1. The van der Waals surface area contributed by atoms with E-state index in [1.165, 1.54) is 12.1 Å². The first-order chi connectivity index (χ1) is 4.30. The fourth-order valence-corrected chi connectivity index (χ4v) is 0.604. The molecule has 0 aromatic heterocycles. The van der Waals surface area contributed by atoms with Crippen LogP contribution in [0.4, 0.5) is 4.39 Å². The van der Waals surface area contributed by atoms with Gasteiger partial charge in [0.25, 0.3) is 0 Å². The first-order valence-corrected chi connectivity index (χ1v) is 2.65. The monoisotopic (exact) mass is 132 g/mol. The van der Waals surface area contributed by atoms with Crippen molar-refractivity contribution in [1.82, 2.24) is 0 Å². The molecule has 0 saturated heterocycles. The quantitative estimate of drug-likeness (QED) is 0.406.